The summed E-state index contributed by atoms with van der Waals surface area (Å²) in [6, 6.07) is 16.6. The Morgan fingerprint density at radius 1 is 0.971 bits per heavy atom. The van der Waals surface area contributed by atoms with Crippen LogP contribution >= 0.6 is 11.6 Å². The molecule has 1 heterocycles. The first-order valence-corrected chi connectivity index (χ1v) is 12.8. The van der Waals surface area contributed by atoms with Crippen LogP contribution in [0, 0.1) is 5.92 Å². The summed E-state index contributed by atoms with van der Waals surface area (Å²) in [4.78, 5) is 26.0. The van der Waals surface area contributed by atoms with Gasteiger partial charge in [0.2, 0.25) is 0 Å². The van der Waals surface area contributed by atoms with Gasteiger partial charge >= 0.3 is 0 Å². The Labute approximate surface area is 210 Å². The molecule has 0 saturated heterocycles. The molecule has 2 fully saturated rings. The molecule has 1 unspecified atom stereocenters. The number of benzene rings is 2. The van der Waals surface area contributed by atoms with Crippen molar-refractivity contribution in [2.45, 2.75) is 63.5 Å². The zero-order valence-corrected chi connectivity index (χ0v) is 20.4. The van der Waals surface area contributed by atoms with E-state index in [-0.39, 0.29) is 17.9 Å². The zero-order valence-electron chi connectivity index (χ0n) is 19.6. The molecule has 35 heavy (non-hydrogen) atoms. The monoisotopic (exact) mass is 491 g/mol. The van der Waals surface area contributed by atoms with Crippen molar-refractivity contribution >= 4 is 23.4 Å². The molecule has 2 N–H and O–H groups in total. The number of carbonyl (C=O) groups is 2. The molecule has 1 aromatic heterocycles. The lowest BCUT2D eigenvalue weighted by molar-refractivity contribution is 0.0903. The molecule has 182 valence electrons. The molecule has 2 amide bonds. The summed E-state index contributed by atoms with van der Waals surface area (Å²) in [5, 5.41) is 10.9. The summed E-state index contributed by atoms with van der Waals surface area (Å²) < 4.78 is 5.39. The molecule has 2 aliphatic carbocycles. The fraction of sp³-hybridized carbons (Fsp3) is 0.393. The Hall–Kier alpha value is -3.12. The quantitative estimate of drug-likeness (QED) is 0.393. The van der Waals surface area contributed by atoms with Crippen LogP contribution in [-0.2, 0) is 6.54 Å². The van der Waals surface area contributed by atoms with E-state index in [0.29, 0.717) is 34.7 Å². The second-order valence-electron chi connectivity index (χ2n) is 9.67. The van der Waals surface area contributed by atoms with Crippen LogP contribution in [0.15, 0.2) is 59.1 Å². The summed E-state index contributed by atoms with van der Waals surface area (Å²) in [7, 11) is 0. The van der Waals surface area contributed by atoms with Gasteiger partial charge in [-0.3, -0.25) is 9.59 Å². The molecular formula is C28H30ClN3O3. The van der Waals surface area contributed by atoms with Gasteiger partial charge in [0.15, 0.2) is 5.69 Å². The maximum Gasteiger partial charge on any atom is 0.273 e. The minimum absolute atomic E-state index is 0.152. The maximum atomic E-state index is 13.1. The number of halogens is 1. The van der Waals surface area contributed by atoms with E-state index in [1.165, 1.54) is 6.42 Å². The summed E-state index contributed by atoms with van der Waals surface area (Å²) in [5.41, 5.74) is 2.81. The molecular weight excluding hydrogens is 462 g/mol. The Bertz CT molecular complexity index is 1180. The fourth-order valence-corrected chi connectivity index (χ4v) is 5.00. The highest BCUT2D eigenvalue weighted by molar-refractivity contribution is 6.30. The highest BCUT2D eigenvalue weighted by atomic mass is 35.5. The third kappa shape index (κ3) is 5.93. The summed E-state index contributed by atoms with van der Waals surface area (Å²) in [5.74, 6) is 1.13. The van der Waals surface area contributed by atoms with Gasteiger partial charge in [0, 0.05) is 29.1 Å². The van der Waals surface area contributed by atoms with E-state index in [0.717, 1.165) is 55.4 Å². The third-order valence-corrected chi connectivity index (χ3v) is 7.27. The van der Waals surface area contributed by atoms with Crippen molar-refractivity contribution < 1.29 is 14.1 Å². The molecule has 1 atom stereocenters. The summed E-state index contributed by atoms with van der Waals surface area (Å²) in [6.07, 6.45) is 7.79. The first kappa shape index (κ1) is 23.6. The lowest BCUT2D eigenvalue weighted by atomic mass is 9.80. The van der Waals surface area contributed by atoms with Crippen molar-refractivity contribution in [3.8, 4) is 0 Å². The van der Waals surface area contributed by atoms with Gasteiger partial charge in [0.05, 0.1) is 6.04 Å². The van der Waals surface area contributed by atoms with Crippen molar-refractivity contribution in [2.75, 3.05) is 0 Å². The second-order valence-corrected chi connectivity index (χ2v) is 10.1. The average Bonchev–Trinajstić information content (AvgIpc) is 3.63. The predicted octanol–water partition coefficient (Wildman–Crippen LogP) is 6.19. The van der Waals surface area contributed by atoms with Gasteiger partial charge < -0.3 is 15.2 Å². The number of hydrogen-bond acceptors (Lipinski definition) is 4. The molecule has 2 saturated carbocycles. The van der Waals surface area contributed by atoms with Gasteiger partial charge in [0.1, 0.15) is 5.76 Å². The SMILES string of the molecule is O=C(NCc1ccc(Cl)cc1)c1cccc(C(NC(=O)c2cc(C3CC3)on2)C2CCCCC2)c1. The number of amides is 2. The molecule has 0 radical (unpaired) electrons. The highest BCUT2D eigenvalue weighted by Crippen LogP contribution is 2.40. The van der Waals surface area contributed by atoms with Gasteiger partial charge in [-0.15, -0.1) is 0 Å². The number of nitrogens with one attached hydrogen (secondary N) is 2. The summed E-state index contributed by atoms with van der Waals surface area (Å²) >= 11 is 5.95. The fourth-order valence-electron chi connectivity index (χ4n) is 4.87. The molecule has 3 aromatic rings. The van der Waals surface area contributed by atoms with E-state index in [4.69, 9.17) is 16.1 Å². The molecule has 5 rings (SSSR count). The van der Waals surface area contributed by atoms with E-state index in [1.54, 1.807) is 12.1 Å². The minimum Gasteiger partial charge on any atom is -0.360 e. The van der Waals surface area contributed by atoms with Crippen LogP contribution in [0.3, 0.4) is 0 Å². The Kier molecular flexibility index (Phi) is 7.19. The van der Waals surface area contributed by atoms with Crippen LogP contribution in [-0.4, -0.2) is 17.0 Å². The zero-order chi connectivity index (χ0) is 24.2. The molecule has 7 heteroatoms. The third-order valence-electron chi connectivity index (χ3n) is 7.02. The van der Waals surface area contributed by atoms with Crippen molar-refractivity contribution in [2.24, 2.45) is 5.92 Å². The molecule has 2 aromatic carbocycles. The van der Waals surface area contributed by atoms with Gasteiger partial charge in [-0.2, -0.15) is 0 Å². The lowest BCUT2D eigenvalue weighted by Crippen LogP contribution is -2.35. The Morgan fingerprint density at radius 3 is 2.49 bits per heavy atom. The largest absolute Gasteiger partial charge is 0.360 e. The standard InChI is InChI=1S/C28H30ClN3O3/c29-23-13-9-18(10-14-23)17-30-27(33)22-8-4-7-21(15-22)26(20-5-2-1-3-6-20)31-28(34)24-16-25(35-32-24)19-11-12-19/h4,7-10,13-16,19-20,26H,1-3,5-6,11-12,17H2,(H,30,33)(H,31,34). The highest BCUT2D eigenvalue weighted by Gasteiger charge is 2.31. The number of nitrogens with zero attached hydrogens (tertiary/aromatic N) is 1. The van der Waals surface area contributed by atoms with Gasteiger partial charge in [-0.25, -0.2) is 0 Å². The van der Waals surface area contributed by atoms with E-state index < -0.39 is 0 Å². The molecule has 0 aliphatic heterocycles. The first-order valence-electron chi connectivity index (χ1n) is 12.5. The molecule has 6 nitrogen and oxygen atoms in total. The molecule has 0 bridgehead atoms. The van der Waals surface area contributed by atoms with Crippen LogP contribution in [0.4, 0.5) is 0 Å². The smallest absolute Gasteiger partial charge is 0.273 e. The topological polar surface area (TPSA) is 84.2 Å². The van der Waals surface area contributed by atoms with Crippen molar-refractivity contribution in [3.05, 3.63) is 87.8 Å². The average molecular weight is 492 g/mol. The second kappa shape index (κ2) is 10.6. The Morgan fingerprint density at radius 2 is 1.74 bits per heavy atom. The number of aromatic nitrogens is 1. The van der Waals surface area contributed by atoms with Gasteiger partial charge in [-0.1, -0.05) is 60.3 Å². The van der Waals surface area contributed by atoms with Gasteiger partial charge in [-0.05, 0) is 67.0 Å². The lowest BCUT2D eigenvalue weighted by Gasteiger charge is -2.31. The van der Waals surface area contributed by atoms with Crippen LogP contribution in [0.5, 0.6) is 0 Å². The number of carbonyl (C=O) groups excluding carboxylic acids is 2. The van der Waals surface area contributed by atoms with E-state index in [1.807, 2.05) is 42.5 Å². The van der Waals surface area contributed by atoms with E-state index in [2.05, 4.69) is 15.8 Å². The maximum absolute atomic E-state index is 13.1. The van der Waals surface area contributed by atoms with Crippen LogP contribution in [0.1, 0.15) is 94.6 Å². The van der Waals surface area contributed by atoms with E-state index >= 15 is 0 Å². The summed E-state index contributed by atoms with van der Waals surface area (Å²) in [6.45, 7) is 0.415. The van der Waals surface area contributed by atoms with Crippen molar-refractivity contribution in [1.29, 1.82) is 0 Å². The molecule has 0 spiro atoms. The van der Waals surface area contributed by atoms with Crippen molar-refractivity contribution in [1.82, 2.24) is 15.8 Å². The first-order chi connectivity index (χ1) is 17.1. The minimum atomic E-state index is -0.228. The predicted molar refractivity (Wildman–Crippen MR) is 134 cm³/mol. The van der Waals surface area contributed by atoms with Crippen LogP contribution < -0.4 is 10.6 Å². The number of hydrogen-bond donors (Lipinski definition) is 2. The normalized spacial score (nSPS) is 17.1. The molecule has 2 aliphatic rings. The van der Waals surface area contributed by atoms with Crippen LogP contribution in [0.2, 0.25) is 5.02 Å². The van der Waals surface area contributed by atoms with E-state index in [9.17, 15) is 9.59 Å². The van der Waals surface area contributed by atoms with Crippen LogP contribution in [0.25, 0.3) is 0 Å². The van der Waals surface area contributed by atoms with Gasteiger partial charge in [0.25, 0.3) is 11.8 Å². The van der Waals surface area contributed by atoms with Crippen molar-refractivity contribution in [3.63, 3.8) is 0 Å². The number of rotatable bonds is 8. The Balaban J connectivity index is 1.32.